The number of nitrogens with one attached hydrogen (secondary N) is 2. The van der Waals surface area contributed by atoms with Crippen molar-refractivity contribution in [1.29, 1.82) is 0 Å². The Balaban J connectivity index is 1.33. The zero-order valence-corrected chi connectivity index (χ0v) is 17.2. The largest absolute Gasteiger partial charge is 0.379 e. The SMILES string of the molecule is CC(Nc1ccc(NC(=O)C2CCCN(c3ncccn3)C2)cc1)c1ccccc1. The van der Waals surface area contributed by atoms with E-state index in [0.717, 1.165) is 30.8 Å². The molecule has 6 nitrogen and oxygen atoms in total. The molecule has 1 amide bonds. The predicted octanol–water partition coefficient (Wildman–Crippen LogP) is 4.50. The van der Waals surface area contributed by atoms with Crippen molar-refractivity contribution in [1.82, 2.24) is 9.97 Å². The van der Waals surface area contributed by atoms with Crippen molar-refractivity contribution in [3.8, 4) is 0 Å². The summed E-state index contributed by atoms with van der Waals surface area (Å²) in [6.45, 7) is 3.66. The van der Waals surface area contributed by atoms with Gasteiger partial charge in [0, 0.05) is 42.9 Å². The van der Waals surface area contributed by atoms with E-state index < -0.39 is 0 Å². The van der Waals surface area contributed by atoms with E-state index >= 15 is 0 Å². The molecular weight excluding hydrogens is 374 g/mol. The molecule has 1 aromatic heterocycles. The van der Waals surface area contributed by atoms with Gasteiger partial charge >= 0.3 is 0 Å². The van der Waals surface area contributed by atoms with Gasteiger partial charge in [0.2, 0.25) is 11.9 Å². The third-order valence-electron chi connectivity index (χ3n) is 5.46. The van der Waals surface area contributed by atoms with Crippen molar-refractivity contribution < 1.29 is 4.79 Å². The first-order valence-electron chi connectivity index (χ1n) is 10.4. The van der Waals surface area contributed by atoms with Gasteiger partial charge in [0.25, 0.3) is 0 Å². The van der Waals surface area contributed by atoms with Crippen molar-refractivity contribution >= 4 is 23.2 Å². The van der Waals surface area contributed by atoms with Crippen LogP contribution in [0.4, 0.5) is 17.3 Å². The Morgan fingerprint density at radius 3 is 2.43 bits per heavy atom. The standard InChI is InChI=1S/C24H27N5O/c1-18(19-7-3-2-4-8-19)27-21-10-12-22(13-11-21)28-23(30)20-9-5-16-29(17-20)24-25-14-6-15-26-24/h2-4,6-8,10-15,18,20,27H,5,9,16-17H2,1H3,(H,28,30). The van der Waals surface area contributed by atoms with Gasteiger partial charge in [0.1, 0.15) is 0 Å². The van der Waals surface area contributed by atoms with Gasteiger partial charge in [0.15, 0.2) is 0 Å². The Bertz CT molecular complexity index is 946. The highest BCUT2D eigenvalue weighted by Gasteiger charge is 2.27. The maximum atomic E-state index is 12.8. The zero-order chi connectivity index (χ0) is 20.8. The number of amides is 1. The molecule has 0 bridgehead atoms. The number of aromatic nitrogens is 2. The monoisotopic (exact) mass is 401 g/mol. The van der Waals surface area contributed by atoms with Crippen LogP contribution in [-0.4, -0.2) is 29.0 Å². The molecule has 0 radical (unpaired) electrons. The number of nitrogens with zero attached hydrogens (tertiary/aromatic N) is 3. The Hall–Kier alpha value is -3.41. The minimum atomic E-state index is -0.0709. The van der Waals surface area contributed by atoms with Gasteiger partial charge in [-0.3, -0.25) is 4.79 Å². The summed E-state index contributed by atoms with van der Waals surface area (Å²) >= 11 is 0. The van der Waals surface area contributed by atoms with E-state index in [2.05, 4.69) is 44.6 Å². The van der Waals surface area contributed by atoms with E-state index in [0.29, 0.717) is 12.5 Å². The quantitative estimate of drug-likeness (QED) is 0.636. The number of carbonyl (C=O) groups excluding carboxylic acids is 1. The van der Waals surface area contributed by atoms with E-state index in [4.69, 9.17) is 0 Å². The smallest absolute Gasteiger partial charge is 0.229 e. The summed E-state index contributed by atoms with van der Waals surface area (Å²) in [7, 11) is 0. The average Bonchev–Trinajstić information content (AvgIpc) is 2.81. The first kappa shape index (κ1) is 19.9. The number of anilines is 3. The van der Waals surface area contributed by atoms with Gasteiger partial charge in [0.05, 0.1) is 5.92 Å². The van der Waals surface area contributed by atoms with Gasteiger partial charge in [-0.2, -0.15) is 0 Å². The van der Waals surface area contributed by atoms with E-state index in [1.807, 2.05) is 42.5 Å². The average molecular weight is 402 g/mol. The lowest BCUT2D eigenvalue weighted by atomic mass is 9.97. The molecular formula is C24H27N5O. The summed E-state index contributed by atoms with van der Waals surface area (Å²) in [6, 6.07) is 20.2. The molecule has 0 saturated carbocycles. The fourth-order valence-electron chi connectivity index (χ4n) is 3.80. The molecule has 1 aliphatic rings. The maximum Gasteiger partial charge on any atom is 0.229 e. The summed E-state index contributed by atoms with van der Waals surface area (Å²) in [5.41, 5.74) is 3.07. The lowest BCUT2D eigenvalue weighted by Crippen LogP contribution is -2.41. The lowest BCUT2D eigenvalue weighted by molar-refractivity contribution is -0.120. The highest BCUT2D eigenvalue weighted by atomic mass is 16.1. The number of piperidine rings is 1. The highest BCUT2D eigenvalue weighted by Crippen LogP contribution is 2.23. The van der Waals surface area contributed by atoms with Crippen LogP contribution in [0.15, 0.2) is 73.1 Å². The van der Waals surface area contributed by atoms with Gasteiger partial charge < -0.3 is 15.5 Å². The second kappa shape index (κ2) is 9.39. The van der Waals surface area contributed by atoms with Crippen LogP contribution in [0.3, 0.4) is 0 Å². The Morgan fingerprint density at radius 1 is 1.00 bits per heavy atom. The number of carbonyl (C=O) groups is 1. The Kier molecular flexibility index (Phi) is 6.23. The van der Waals surface area contributed by atoms with Crippen LogP contribution in [0.1, 0.15) is 31.4 Å². The van der Waals surface area contributed by atoms with Crippen molar-refractivity contribution in [2.75, 3.05) is 28.6 Å². The second-order valence-corrected chi connectivity index (χ2v) is 7.68. The number of rotatable bonds is 6. The summed E-state index contributed by atoms with van der Waals surface area (Å²) in [5, 5.41) is 6.55. The van der Waals surface area contributed by atoms with Crippen LogP contribution < -0.4 is 15.5 Å². The summed E-state index contributed by atoms with van der Waals surface area (Å²) in [6.07, 6.45) is 5.31. The molecule has 3 aromatic rings. The third-order valence-corrected chi connectivity index (χ3v) is 5.46. The van der Waals surface area contributed by atoms with Crippen molar-refractivity contribution in [3.63, 3.8) is 0 Å². The number of benzene rings is 2. The van der Waals surface area contributed by atoms with Crippen LogP contribution in [-0.2, 0) is 4.79 Å². The Labute approximate surface area is 177 Å². The third kappa shape index (κ3) is 4.95. The molecule has 2 aromatic carbocycles. The molecule has 154 valence electrons. The number of hydrogen-bond donors (Lipinski definition) is 2. The fraction of sp³-hybridized carbons (Fsp3) is 0.292. The molecule has 1 aliphatic heterocycles. The van der Waals surface area contributed by atoms with Crippen LogP contribution in [0.25, 0.3) is 0 Å². The topological polar surface area (TPSA) is 70.2 Å². The summed E-state index contributed by atoms with van der Waals surface area (Å²) < 4.78 is 0. The second-order valence-electron chi connectivity index (χ2n) is 7.68. The van der Waals surface area contributed by atoms with E-state index in [9.17, 15) is 4.79 Å². The molecule has 2 heterocycles. The molecule has 1 saturated heterocycles. The van der Waals surface area contributed by atoms with Crippen molar-refractivity contribution in [2.45, 2.75) is 25.8 Å². The van der Waals surface area contributed by atoms with E-state index in [1.54, 1.807) is 18.5 Å². The zero-order valence-electron chi connectivity index (χ0n) is 17.2. The van der Waals surface area contributed by atoms with Crippen molar-refractivity contribution in [3.05, 3.63) is 78.6 Å². The van der Waals surface area contributed by atoms with E-state index in [-0.39, 0.29) is 17.9 Å². The molecule has 2 N–H and O–H groups in total. The van der Waals surface area contributed by atoms with E-state index in [1.165, 1.54) is 5.56 Å². The molecule has 30 heavy (non-hydrogen) atoms. The van der Waals surface area contributed by atoms with Crippen LogP contribution >= 0.6 is 0 Å². The minimum absolute atomic E-state index is 0.0500. The fourth-order valence-corrected chi connectivity index (χ4v) is 3.80. The van der Waals surface area contributed by atoms with Gasteiger partial charge in [-0.05, 0) is 55.7 Å². The maximum absolute atomic E-state index is 12.8. The first-order valence-corrected chi connectivity index (χ1v) is 10.4. The molecule has 0 spiro atoms. The van der Waals surface area contributed by atoms with Gasteiger partial charge in [-0.25, -0.2) is 9.97 Å². The first-order chi connectivity index (χ1) is 14.7. The summed E-state index contributed by atoms with van der Waals surface area (Å²) in [5.74, 6) is 0.672. The van der Waals surface area contributed by atoms with Crippen molar-refractivity contribution in [2.24, 2.45) is 5.92 Å². The Morgan fingerprint density at radius 2 is 1.70 bits per heavy atom. The normalized spacial score (nSPS) is 17.2. The van der Waals surface area contributed by atoms with Crippen LogP contribution in [0, 0.1) is 5.92 Å². The molecule has 6 heteroatoms. The minimum Gasteiger partial charge on any atom is -0.379 e. The molecule has 1 fully saturated rings. The van der Waals surface area contributed by atoms with Crippen LogP contribution in [0.5, 0.6) is 0 Å². The molecule has 0 aliphatic carbocycles. The van der Waals surface area contributed by atoms with Crippen LogP contribution in [0.2, 0.25) is 0 Å². The highest BCUT2D eigenvalue weighted by molar-refractivity contribution is 5.93. The summed E-state index contributed by atoms with van der Waals surface area (Å²) in [4.78, 5) is 23.5. The predicted molar refractivity (Wildman–Crippen MR) is 121 cm³/mol. The number of hydrogen-bond acceptors (Lipinski definition) is 5. The lowest BCUT2D eigenvalue weighted by Gasteiger charge is -2.31. The molecule has 2 atom stereocenters. The molecule has 4 rings (SSSR count). The van der Waals surface area contributed by atoms with Gasteiger partial charge in [-0.15, -0.1) is 0 Å². The van der Waals surface area contributed by atoms with Gasteiger partial charge in [-0.1, -0.05) is 30.3 Å². The molecule has 2 unspecified atom stereocenters.